The highest BCUT2D eigenvalue weighted by molar-refractivity contribution is 6.17. The zero-order chi connectivity index (χ0) is 15.7. The Kier molecular flexibility index (Phi) is 4.37. The standard InChI is InChI=1S/C9H4ClF6NO3/c10-2-3-1-4(20-9(14,15)16)17-6(7(18)19)5(3)8(11,12)13/h1H,2H2,(H,18,19). The number of carbonyl (C=O) groups is 1. The first kappa shape index (κ1) is 16.3. The summed E-state index contributed by atoms with van der Waals surface area (Å²) in [7, 11) is 0. The van der Waals surface area contributed by atoms with E-state index in [0.29, 0.717) is 0 Å². The highest BCUT2D eigenvalue weighted by atomic mass is 35.5. The van der Waals surface area contributed by atoms with Crippen LogP contribution in [0.25, 0.3) is 0 Å². The number of hydrogen-bond acceptors (Lipinski definition) is 3. The van der Waals surface area contributed by atoms with Crippen molar-refractivity contribution >= 4 is 17.6 Å². The lowest BCUT2D eigenvalue weighted by Gasteiger charge is -2.16. The molecule has 0 aliphatic carbocycles. The van der Waals surface area contributed by atoms with E-state index >= 15 is 0 Å². The number of pyridine rings is 1. The minimum Gasteiger partial charge on any atom is -0.476 e. The summed E-state index contributed by atoms with van der Waals surface area (Å²) in [5.41, 5.74) is -4.21. The number of nitrogens with zero attached hydrogens (tertiary/aromatic N) is 1. The first-order chi connectivity index (χ1) is 8.95. The Labute approximate surface area is 111 Å². The lowest BCUT2D eigenvalue weighted by atomic mass is 10.1. The molecule has 4 nitrogen and oxygen atoms in total. The van der Waals surface area contributed by atoms with Gasteiger partial charge in [0, 0.05) is 11.9 Å². The Balaban J connectivity index is 3.51. The molecular formula is C9H4ClF6NO3. The molecule has 0 saturated heterocycles. The van der Waals surface area contributed by atoms with Gasteiger partial charge < -0.3 is 9.84 Å². The Morgan fingerprint density at radius 1 is 1.30 bits per heavy atom. The van der Waals surface area contributed by atoms with Gasteiger partial charge in [0.25, 0.3) is 0 Å². The molecule has 0 radical (unpaired) electrons. The number of aromatic carboxylic acids is 1. The molecule has 1 aromatic rings. The zero-order valence-electron chi connectivity index (χ0n) is 9.14. The van der Waals surface area contributed by atoms with Gasteiger partial charge in [0.1, 0.15) is 0 Å². The monoisotopic (exact) mass is 323 g/mol. The molecule has 0 aliphatic heterocycles. The van der Waals surface area contributed by atoms with Gasteiger partial charge in [0.2, 0.25) is 5.88 Å². The van der Waals surface area contributed by atoms with Gasteiger partial charge in [-0.15, -0.1) is 24.8 Å². The van der Waals surface area contributed by atoms with Crippen molar-refractivity contribution in [3.63, 3.8) is 0 Å². The van der Waals surface area contributed by atoms with E-state index in [1.165, 1.54) is 0 Å². The summed E-state index contributed by atoms with van der Waals surface area (Å²) >= 11 is 5.20. The number of hydrogen-bond donors (Lipinski definition) is 1. The van der Waals surface area contributed by atoms with E-state index in [0.717, 1.165) is 0 Å². The summed E-state index contributed by atoms with van der Waals surface area (Å²) in [6, 6.07) is 0.287. The topological polar surface area (TPSA) is 59.4 Å². The van der Waals surface area contributed by atoms with Crippen molar-refractivity contribution in [2.24, 2.45) is 0 Å². The number of alkyl halides is 7. The van der Waals surface area contributed by atoms with E-state index in [-0.39, 0.29) is 6.07 Å². The van der Waals surface area contributed by atoms with E-state index in [2.05, 4.69) is 9.72 Å². The summed E-state index contributed by atoms with van der Waals surface area (Å²) in [6.45, 7) is 0. The number of halogens is 7. The molecule has 0 aromatic carbocycles. The van der Waals surface area contributed by atoms with E-state index in [1.54, 1.807) is 0 Å². The van der Waals surface area contributed by atoms with Crippen LogP contribution < -0.4 is 4.74 Å². The fraction of sp³-hybridized carbons (Fsp3) is 0.333. The van der Waals surface area contributed by atoms with E-state index in [4.69, 9.17) is 16.7 Å². The first-order valence-electron chi connectivity index (χ1n) is 4.62. The van der Waals surface area contributed by atoms with Crippen molar-refractivity contribution in [1.82, 2.24) is 4.98 Å². The molecule has 0 aliphatic rings. The molecule has 0 atom stereocenters. The minimum absolute atomic E-state index is 0.287. The van der Waals surface area contributed by atoms with Crippen LogP contribution in [0.5, 0.6) is 5.88 Å². The number of aromatic nitrogens is 1. The third-order valence-corrected chi connectivity index (χ3v) is 2.22. The normalized spacial score (nSPS) is 12.3. The second kappa shape index (κ2) is 5.35. The predicted molar refractivity (Wildman–Crippen MR) is 52.4 cm³/mol. The maximum Gasteiger partial charge on any atom is 0.574 e. The highest BCUT2D eigenvalue weighted by Gasteiger charge is 2.40. The number of ether oxygens (including phenoxy) is 1. The molecule has 20 heavy (non-hydrogen) atoms. The van der Waals surface area contributed by atoms with Gasteiger partial charge in [-0.3, -0.25) is 0 Å². The van der Waals surface area contributed by atoms with Crippen LogP contribution in [0, 0.1) is 0 Å². The maximum absolute atomic E-state index is 12.7. The summed E-state index contributed by atoms with van der Waals surface area (Å²) in [5.74, 6) is -4.36. The van der Waals surface area contributed by atoms with E-state index in [9.17, 15) is 31.1 Å². The van der Waals surface area contributed by atoms with Crippen LogP contribution in [0.3, 0.4) is 0 Å². The van der Waals surface area contributed by atoms with Gasteiger partial charge in [0.05, 0.1) is 5.56 Å². The Morgan fingerprint density at radius 2 is 1.85 bits per heavy atom. The van der Waals surface area contributed by atoms with E-state index in [1.807, 2.05) is 0 Å². The first-order valence-corrected chi connectivity index (χ1v) is 5.15. The lowest BCUT2D eigenvalue weighted by molar-refractivity contribution is -0.276. The fourth-order valence-corrected chi connectivity index (χ4v) is 1.53. The lowest BCUT2D eigenvalue weighted by Crippen LogP contribution is -2.22. The molecule has 0 fully saturated rings. The van der Waals surface area contributed by atoms with Crippen molar-refractivity contribution in [2.45, 2.75) is 18.4 Å². The second-order valence-corrected chi connectivity index (χ2v) is 3.59. The summed E-state index contributed by atoms with van der Waals surface area (Å²) in [6.07, 6.45) is -10.4. The molecule has 0 bridgehead atoms. The smallest absolute Gasteiger partial charge is 0.476 e. The van der Waals surface area contributed by atoms with Crippen molar-refractivity contribution in [3.05, 3.63) is 22.9 Å². The van der Waals surface area contributed by atoms with Crippen LogP contribution in [0.1, 0.15) is 21.6 Å². The molecular weight excluding hydrogens is 320 g/mol. The largest absolute Gasteiger partial charge is 0.574 e. The average Bonchev–Trinajstić information content (AvgIpc) is 2.23. The third kappa shape index (κ3) is 3.89. The van der Waals surface area contributed by atoms with Crippen LogP contribution in [0.4, 0.5) is 26.3 Å². The number of carboxylic acid groups (broad SMARTS) is 1. The molecule has 0 spiro atoms. The van der Waals surface area contributed by atoms with Crippen molar-refractivity contribution in [3.8, 4) is 5.88 Å². The molecule has 1 rings (SSSR count). The fourth-order valence-electron chi connectivity index (χ4n) is 1.32. The van der Waals surface area contributed by atoms with E-state index < -0.39 is 47.1 Å². The van der Waals surface area contributed by atoms with Crippen LogP contribution in [-0.4, -0.2) is 22.4 Å². The number of carboxylic acids is 1. The molecule has 1 aromatic heterocycles. The van der Waals surface area contributed by atoms with Gasteiger partial charge >= 0.3 is 18.5 Å². The van der Waals surface area contributed by atoms with Crippen LogP contribution >= 0.6 is 11.6 Å². The van der Waals surface area contributed by atoms with Gasteiger partial charge in [-0.25, -0.2) is 9.78 Å². The van der Waals surface area contributed by atoms with Gasteiger partial charge in [0.15, 0.2) is 5.69 Å². The third-order valence-electron chi connectivity index (χ3n) is 1.93. The van der Waals surface area contributed by atoms with Crippen LogP contribution in [0.15, 0.2) is 6.07 Å². The summed E-state index contributed by atoms with van der Waals surface area (Å²) in [4.78, 5) is 13.4. The molecule has 0 saturated carbocycles. The van der Waals surface area contributed by atoms with Crippen molar-refractivity contribution in [1.29, 1.82) is 0 Å². The predicted octanol–water partition coefficient (Wildman–Crippen LogP) is 3.44. The average molecular weight is 324 g/mol. The quantitative estimate of drug-likeness (QED) is 0.684. The maximum atomic E-state index is 12.7. The van der Waals surface area contributed by atoms with Gasteiger partial charge in [-0.1, -0.05) is 0 Å². The Bertz CT molecular complexity index is 528. The Hall–Kier alpha value is -1.71. The minimum atomic E-state index is -5.23. The molecule has 0 amide bonds. The zero-order valence-corrected chi connectivity index (χ0v) is 9.90. The SMILES string of the molecule is O=C(O)c1nc(OC(F)(F)F)cc(CCl)c1C(F)(F)F. The van der Waals surface area contributed by atoms with Crippen molar-refractivity contribution < 1.29 is 41.0 Å². The van der Waals surface area contributed by atoms with Gasteiger partial charge in [-0.2, -0.15) is 13.2 Å². The summed E-state index contributed by atoms with van der Waals surface area (Å²) in [5, 5.41) is 8.63. The molecule has 0 unspecified atom stereocenters. The molecule has 11 heteroatoms. The van der Waals surface area contributed by atoms with Crippen molar-refractivity contribution in [2.75, 3.05) is 0 Å². The second-order valence-electron chi connectivity index (χ2n) is 3.33. The molecule has 1 heterocycles. The highest BCUT2D eigenvalue weighted by Crippen LogP contribution is 2.37. The van der Waals surface area contributed by atoms with Crippen LogP contribution in [0.2, 0.25) is 0 Å². The summed E-state index contributed by atoms with van der Waals surface area (Å²) < 4.78 is 77.3. The number of rotatable bonds is 3. The Morgan fingerprint density at radius 3 is 2.20 bits per heavy atom. The molecule has 112 valence electrons. The molecule has 1 N–H and O–H groups in total. The van der Waals surface area contributed by atoms with Gasteiger partial charge in [-0.05, 0) is 5.56 Å². The van der Waals surface area contributed by atoms with Crippen LogP contribution in [-0.2, 0) is 12.1 Å².